The van der Waals surface area contributed by atoms with Crippen LogP contribution in [0.2, 0.25) is 0 Å². The summed E-state index contributed by atoms with van der Waals surface area (Å²) in [7, 11) is -4.13. The van der Waals surface area contributed by atoms with Crippen LogP contribution in [0.1, 0.15) is 59.3 Å². The van der Waals surface area contributed by atoms with Crippen molar-refractivity contribution < 1.29 is 22.6 Å². The molecule has 0 aromatic rings. The van der Waals surface area contributed by atoms with Crippen molar-refractivity contribution in [2.45, 2.75) is 59.3 Å². The van der Waals surface area contributed by atoms with Crippen LogP contribution in [-0.4, -0.2) is 36.8 Å². The van der Waals surface area contributed by atoms with Crippen LogP contribution in [0.5, 0.6) is 0 Å². The summed E-state index contributed by atoms with van der Waals surface area (Å²) >= 11 is 0. The average molecular weight is 436 g/mol. The molecule has 0 aliphatic heterocycles. The predicted octanol–water partition coefficient (Wildman–Crippen LogP) is 3.61. The summed E-state index contributed by atoms with van der Waals surface area (Å²) in [6.45, 7) is 11.1. The van der Waals surface area contributed by atoms with Crippen molar-refractivity contribution in [1.29, 1.82) is 0 Å². The summed E-state index contributed by atoms with van der Waals surface area (Å²) in [6.07, 6.45) is 8.73. The summed E-state index contributed by atoms with van der Waals surface area (Å²) in [6, 6.07) is 0. The number of hydrogen-bond donors (Lipinski definition) is 2. The maximum Gasteiger partial charge on any atom is 0.266 e. The maximum atomic E-state index is 12.8. The molecule has 7 heteroatoms. The normalized spacial score (nSPS) is 34.9. The number of nitrogens with one attached hydrogen (secondary N) is 1. The SMILES string of the molecule is C=C1CCCC2C1(C)CCC(C)C2(C)CC1=CC(=O)C(NCCS(=O)(=O)O)=CC1=O. The first-order chi connectivity index (χ1) is 13.9. The molecule has 4 unspecified atom stereocenters. The molecule has 0 bridgehead atoms. The van der Waals surface area contributed by atoms with Gasteiger partial charge < -0.3 is 5.32 Å². The van der Waals surface area contributed by atoms with Crippen molar-refractivity contribution in [1.82, 2.24) is 5.32 Å². The van der Waals surface area contributed by atoms with E-state index in [4.69, 9.17) is 4.55 Å². The van der Waals surface area contributed by atoms with Gasteiger partial charge in [-0.05, 0) is 67.3 Å². The van der Waals surface area contributed by atoms with Gasteiger partial charge in [-0.3, -0.25) is 14.1 Å². The Bertz CT molecular complexity index is 931. The first kappa shape index (κ1) is 22.9. The molecule has 4 atom stereocenters. The quantitative estimate of drug-likeness (QED) is 0.375. The molecule has 0 amide bonds. The minimum absolute atomic E-state index is 0.0742. The molecule has 0 aromatic carbocycles. The Morgan fingerprint density at radius 3 is 2.57 bits per heavy atom. The van der Waals surface area contributed by atoms with Gasteiger partial charge >= 0.3 is 0 Å². The zero-order valence-corrected chi connectivity index (χ0v) is 19.0. The summed E-state index contributed by atoms with van der Waals surface area (Å²) in [5.41, 5.74) is 1.91. The van der Waals surface area contributed by atoms with Gasteiger partial charge in [-0.2, -0.15) is 8.42 Å². The number of ketones is 2. The van der Waals surface area contributed by atoms with Crippen LogP contribution in [0.15, 0.2) is 35.6 Å². The lowest BCUT2D eigenvalue weighted by atomic mass is 9.46. The summed E-state index contributed by atoms with van der Waals surface area (Å²) in [5.74, 6) is -0.204. The Morgan fingerprint density at radius 1 is 1.20 bits per heavy atom. The smallest absolute Gasteiger partial charge is 0.266 e. The lowest BCUT2D eigenvalue weighted by Crippen LogP contribution is -2.50. The topological polar surface area (TPSA) is 101 Å². The second kappa shape index (κ2) is 8.08. The van der Waals surface area contributed by atoms with E-state index >= 15 is 0 Å². The molecule has 3 aliphatic rings. The molecule has 0 spiro atoms. The molecular formula is C23H33NO5S. The lowest BCUT2D eigenvalue weighted by Gasteiger charge is -2.59. The molecule has 0 radical (unpaired) electrons. The molecule has 0 aromatic heterocycles. The molecule has 166 valence electrons. The Balaban J connectivity index is 1.78. The van der Waals surface area contributed by atoms with E-state index < -0.39 is 15.9 Å². The Morgan fingerprint density at radius 2 is 1.90 bits per heavy atom. The van der Waals surface area contributed by atoms with Crippen LogP contribution in [-0.2, 0) is 19.7 Å². The molecule has 2 N–H and O–H groups in total. The molecule has 0 saturated heterocycles. The highest BCUT2D eigenvalue weighted by molar-refractivity contribution is 7.85. The Hall–Kier alpha value is -1.73. The van der Waals surface area contributed by atoms with E-state index in [2.05, 4.69) is 32.7 Å². The van der Waals surface area contributed by atoms with Crippen LogP contribution in [0.3, 0.4) is 0 Å². The monoisotopic (exact) mass is 435 g/mol. The molecule has 30 heavy (non-hydrogen) atoms. The Labute approximate surface area is 179 Å². The van der Waals surface area contributed by atoms with Gasteiger partial charge in [0.25, 0.3) is 10.1 Å². The minimum atomic E-state index is -4.13. The van der Waals surface area contributed by atoms with Crippen molar-refractivity contribution in [2.75, 3.05) is 12.3 Å². The van der Waals surface area contributed by atoms with Gasteiger partial charge in [-0.15, -0.1) is 0 Å². The highest BCUT2D eigenvalue weighted by Crippen LogP contribution is 2.63. The second-order valence-electron chi connectivity index (χ2n) is 9.76. The summed E-state index contributed by atoms with van der Waals surface area (Å²) in [5, 5.41) is 2.65. The van der Waals surface area contributed by atoms with Crippen LogP contribution >= 0.6 is 0 Å². The minimum Gasteiger partial charge on any atom is -0.381 e. The van der Waals surface area contributed by atoms with Crippen LogP contribution < -0.4 is 5.32 Å². The standard InChI is InChI=1S/C23H33NO5S/c1-15-6-5-7-21-22(15,3)9-8-16(2)23(21,4)14-17-12-20(26)18(13-19(17)25)24-10-11-30(27,28)29/h12-13,16,21,24H,1,5-11,14H2,2-4H3,(H,27,28,29). The lowest BCUT2D eigenvalue weighted by molar-refractivity contribution is -0.116. The van der Waals surface area contributed by atoms with Crippen molar-refractivity contribution in [2.24, 2.45) is 22.7 Å². The van der Waals surface area contributed by atoms with Crippen LogP contribution in [0.4, 0.5) is 0 Å². The second-order valence-corrected chi connectivity index (χ2v) is 11.3. The average Bonchev–Trinajstić information content (AvgIpc) is 2.64. The third kappa shape index (κ3) is 4.33. The number of rotatable bonds is 6. The van der Waals surface area contributed by atoms with E-state index in [1.54, 1.807) is 0 Å². The number of hydrogen-bond acceptors (Lipinski definition) is 5. The predicted molar refractivity (Wildman–Crippen MR) is 116 cm³/mol. The molecule has 2 saturated carbocycles. The van der Waals surface area contributed by atoms with Gasteiger partial charge in [0.05, 0.1) is 11.4 Å². The van der Waals surface area contributed by atoms with Crippen LogP contribution in [0.25, 0.3) is 0 Å². The fraction of sp³-hybridized carbons (Fsp3) is 0.652. The zero-order valence-electron chi connectivity index (χ0n) is 18.2. The molecule has 2 fully saturated rings. The first-order valence-electron chi connectivity index (χ1n) is 10.7. The molecule has 3 aliphatic carbocycles. The van der Waals surface area contributed by atoms with E-state index in [1.165, 1.54) is 17.7 Å². The van der Waals surface area contributed by atoms with Crippen molar-refractivity contribution in [3.63, 3.8) is 0 Å². The van der Waals surface area contributed by atoms with Crippen LogP contribution in [0, 0.1) is 22.7 Å². The van der Waals surface area contributed by atoms with Gasteiger partial charge in [0.15, 0.2) is 5.78 Å². The fourth-order valence-corrected chi connectivity index (χ4v) is 6.23. The third-order valence-corrected chi connectivity index (χ3v) is 8.70. The Kier molecular flexibility index (Phi) is 6.18. The number of fused-ring (bicyclic) bond motifs is 1. The number of carbonyl (C=O) groups is 2. The number of carbonyl (C=O) groups excluding carboxylic acids is 2. The highest BCUT2D eigenvalue weighted by atomic mass is 32.2. The molecule has 0 heterocycles. The number of allylic oxidation sites excluding steroid dienone is 4. The van der Waals surface area contributed by atoms with E-state index in [0.717, 1.165) is 32.1 Å². The van der Waals surface area contributed by atoms with Gasteiger partial charge in [0.2, 0.25) is 5.78 Å². The van der Waals surface area contributed by atoms with Crippen molar-refractivity contribution in [3.05, 3.63) is 35.6 Å². The molecule has 6 nitrogen and oxygen atoms in total. The van der Waals surface area contributed by atoms with Crippen molar-refractivity contribution in [3.8, 4) is 0 Å². The van der Waals surface area contributed by atoms with E-state index in [0.29, 0.717) is 23.8 Å². The zero-order chi connectivity index (χ0) is 22.3. The van der Waals surface area contributed by atoms with E-state index in [9.17, 15) is 18.0 Å². The summed E-state index contributed by atoms with van der Waals surface area (Å²) in [4.78, 5) is 25.4. The fourth-order valence-electron chi connectivity index (χ4n) is 5.87. The molecule has 3 rings (SSSR count). The first-order valence-corrected chi connectivity index (χ1v) is 12.4. The van der Waals surface area contributed by atoms with Crippen molar-refractivity contribution >= 4 is 21.7 Å². The highest BCUT2D eigenvalue weighted by Gasteiger charge is 2.54. The van der Waals surface area contributed by atoms with Gasteiger partial charge in [-0.1, -0.05) is 32.9 Å². The third-order valence-electron chi connectivity index (χ3n) is 7.98. The maximum absolute atomic E-state index is 12.8. The molecular weight excluding hydrogens is 402 g/mol. The largest absolute Gasteiger partial charge is 0.381 e. The van der Waals surface area contributed by atoms with Gasteiger partial charge in [0, 0.05) is 18.2 Å². The van der Waals surface area contributed by atoms with E-state index in [1.807, 2.05) is 0 Å². The van der Waals surface area contributed by atoms with Gasteiger partial charge in [-0.25, -0.2) is 0 Å². The van der Waals surface area contributed by atoms with E-state index in [-0.39, 0.29) is 34.6 Å². The summed E-state index contributed by atoms with van der Waals surface area (Å²) < 4.78 is 30.5. The van der Waals surface area contributed by atoms with Gasteiger partial charge in [0.1, 0.15) is 0 Å².